The third-order valence-electron chi connectivity index (χ3n) is 5.17. The number of anilines is 1. The van der Waals surface area contributed by atoms with Gasteiger partial charge in [-0.15, -0.1) is 0 Å². The van der Waals surface area contributed by atoms with Gasteiger partial charge in [0.2, 0.25) is 0 Å². The van der Waals surface area contributed by atoms with Gasteiger partial charge in [-0.25, -0.2) is 0 Å². The molecule has 2 amide bonds. The van der Waals surface area contributed by atoms with E-state index in [0.717, 1.165) is 25.8 Å². The molecule has 1 saturated heterocycles. The predicted octanol–water partition coefficient (Wildman–Crippen LogP) is 4.74. The van der Waals surface area contributed by atoms with Crippen LogP contribution in [0.2, 0.25) is 0 Å². The number of nitrogens with one attached hydrogen (secondary N) is 1. The number of benzene rings is 2. The van der Waals surface area contributed by atoms with Crippen molar-refractivity contribution in [3.8, 4) is 5.75 Å². The fraction of sp³-hybridized carbons (Fsp3) is 0.391. The molecule has 0 aliphatic carbocycles. The van der Waals surface area contributed by atoms with Crippen molar-refractivity contribution in [3.63, 3.8) is 0 Å². The van der Waals surface area contributed by atoms with Crippen LogP contribution < -0.4 is 10.1 Å². The Bertz CT molecular complexity index is 834. The molecule has 1 unspecified atom stereocenters. The van der Waals surface area contributed by atoms with Crippen molar-refractivity contribution in [2.75, 3.05) is 18.5 Å². The molecule has 0 radical (unpaired) electrons. The van der Waals surface area contributed by atoms with Gasteiger partial charge in [-0.3, -0.25) is 9.59 Å². The standard InChI is InChI=1S/C23H28N2O3/c1-3-19-12-7-8-15-25(19)23(27)18-11-9-10-17(16-18)22(26)24-20-13-5-6-14-21(20)28-4-2/h5-6,9-11,13-14,16,19H,3-4,7-8,12,15H2,1-2H3,(H,24,26). The van der Waals surface area contributed by atoms with Gasteiger partial charge in [-0.2, -0.15) is 0 Å². The molecule has 0 bridgehead atoms. The first kappa shape index (κ1) is 19.9. The zero-order valence-corrected chi connectivity index (χ0v) is 16.6. The van der Waals surface area contributed by atoms with E-state index in [-0.39, 0.29) is 17.9 Å². The number of amides is 2. The molecule has 5 heteroatoms. The number of rotatable bonds is 6. The second-order valence-electron chi connectivity index (χ2n) is 7.02. The first-order valence-electron chi connectivity index (χ1n) is 10.1. The summed E-state index contributed by atoms with van der Waals surface area (Å²) in [5, 5.41) is 2.89. The van der Waals surface area contributed by atoms with Gasteiger partial charge >= 0.3 is 0 Å². The van der Waals surface area contributed by atoms with E-state index in [1.54, 1.807) is 30.3 Å². The third-order valence-corrected chi connectivity index (χ3v) is 5.17. The van der Waals surface area contributed by atoms with Crippen LogP contribution in [0.1, 0.15) is 60.2 Å². The Labute approximate surface area is 166 Å². The number of nitrogens with zero attached hydrogens (tertiary/aromatic N) is 1. The Morgan fingerprint density at radius 2 is 1.86 bits per heavy atom. The minimum Gasteiger partial charge on any atom is -0.492 e. The minimum absolute atomic E-state index is 0.0101. The summed E-state index contributed by atoms with van der Waals surface area (Å²) < 4.78 is 5.56. The summed E-state index contributed by atoms with van der Waals surface area (Å²) in [6, 6.07) is 14.6. The van der Waals surface area contributed by atoms with E-state index in [2.05, 4.69) is 12.2 Å². The van der Waals surface area contributed by atoms with Crippen LogP contribution in [0, 0.1) is 0 Å². The monoisotopic (exact) mass is 380 g/mol. The van der Waals surface area contributed by atoms with Gasteiger partial charge in [-0.05, 0) is 62.9 Å². The molecule has 1 aliphatic heterocycles. The summed E-state index contributed by atoms with van der Waals surface area (Å²) in [6.07, 6.45) is 4.22. The minimum atomic E-state index is -0.257. The highest BCUT2D eigenvalue weighted by atomic mass is 16.5. The van der Waals surface area contributed by atoms with Crippen molar-refractivity contribution in [2.45, 2.75) is 45.6 Å². The van der Waals surface area contributed by atoms with Crippen molar-refractivity contribution in [1.82, 2.24) is 4.90 Å². The Balaban J connectivity index is 1.77. The lowest BCUT2D eigenvalue weighted by Gasteiger charge is -2.35. The summed E-state index contributed by atoms with van der Waals surface area (Å²) in [5.41, 5.74) is 1.64. The van der Waals surface area contributed by atoms with Gasteiger partial charge in [0.15, 0.2) is 0 Å². The number of para-hydroxylation sites is 2. The molecule has 28 heavy (non-hydrogen) atoms. The quantitative estimate of drug-likeness (QED) is 0.787. The van der Waals surface area contributed by atoms with Crippen molar-refractivity contribution < 1.29 is 14.3 Å². The highest BCUT2D eigenvalue weighted by Gasteiger charge is 2.26. The molecule has 1 atom stereocenters. The maximum atomic E-state index is 13.0. The normalized spacial score (nSPS) is 16.5. The molecule has 2 aromatic carbocycles. The Morgan fingerprint density at radius 1 is 1.07 bits per heavy atom. The van der Waals surface area contributed by atoms with Crippen molar-refractivity contribution in [3.05, 3.63) is 59.7 Å². The molecule has 0 spiro atoms. The van der Waals surface area contributed by atoms with E-state index in [1.165, 1.54) is 6.42 Å². The van der Waals surface area contributed by atoms with Gasteiger partial charge in [0, 0.05) is 23.7 Å². The summed E-state index contributed by atoms with van der Waals surface area (Å²) >= 11 is 0. The second kappa shape index (κ2) is 9.40. The zero-order chi connectivity index (χ0) is 19.9. The molecule has 0 saturated carbocycles. The fourth-order valence-corrected chi connectivity index (χ4v) is 3.70. The van der Waals surface area contributed by atoms with Crippen molar-refractivity contribution in [1.29, 1.82) is 0 Å². The lowest BCUT2D eigenvalue weighted by Crippen LogP contribution is -2.43. The average molecular weight is 380 g/mol. The summed E-state index contributed by atoms with van der Waals surface area (Å²) in [4.78, 5) is 27.7. The Hall–Kier alpha value is -2.82. The first-order valence-corrected chi connectivity index (χ1v) is 10.1. The molecule has 1 aliphatic rings. The Kier molecular flexibility index (Phi) is 6.69. The second-order valence-corrected chi connectivity index (χ2v) is 7.02. The molecular formula is C23H28N2O3. The molecule has 0 aromatic heterocycles. The van der Waals surface area contributed by atoms with Crippen molar-refractivity contribution in [2.24, 2.45) is 0 Å². The molecular weight excluding hydrogens is 352 g/mol. The number of hydrogen-bond acceptors (Lipinski definition) is 3. The molecule has 148 valence electrons. The highest BCUT2D eigenvalue weighted by Crippen LogP contribution is 2.25. The van der Waals surface area contributed by atoms with Crippen LogP contribution in [0.5, 0.6) is 5.75 Å². The van der Waals surface area contributed by atoms with E-state index in [0.29, 0.717) is 29.2 Å². The van der Waals surface area contributed by atoms with Gasteiger partial charge < -0.3 is 15.0 Å². The maximum absolute atomic E-state index is 13.0. The largest absolute Gasteiger partial charge is 0.492 e. The van der Waals surface area contributed by atoms with E-state index in [9.17, 15) is 9.59 Å². The van der Waals surface area contributed by atoms with Crippen LogP contribution in [-0.2, 0) is 0 Å². The van der Waals surface area contributed by atoms with Crippen LogP contribution in [0.3, 0.4) is 0 Å². The van der Waals surface area contributed by atoms with Gasteiger partial charge in [-0.1, -0.05) is 25.1 Å². The van der Waals surface area contributed by atoms with E-state index < -0.39 is 0 Å². The number of carbonyl (C=O) groups excluding carboxylic acids is 2. The molecule has 2 aromatic rings. The van der Waals surface area contributed by atoms with Crippen molar-refractivity contribution >= 4 is 17.5 Å². The van der Waals surface area contributed by atoms with Gasteiger partial charge in [0.05, 0.1) is 12.3 Å². The third kappa shape index (κ3) is 4.53. The number of carbonyl (C=O) groups is 2. The van der Waals surface area contributed by atoms with Crippen LogP contribution in [-0.4, -0.2) is 35.9 Å². The van der Waals surface area contributed by atoms with Crippen LogP contribution in [0.4, 0.5) is 5.69 Å². The lowest BCUT2D eigenvalue weighted by molar-refractivity contribution is 0.0608. The topological polar surface area (TPSA) is 58.6 Å². The molecule has 3 rings (SSSR count). The highest BCUT2D eigenvalue weighted by molar-refractivity contribution is 6.06. The first-order chi connectivity index (χ1) is 13.6. The summed E-state index contributed by atoms with van der Waals surface area (Å²) in [5.74, 6) is 0.382. The smallest absolute Gasteiger partial charge is 0.255 e. The number of piperidine rings is 1. The number of ether oxygens (including phenoxy) is 1. The van der Waals surface area contributed by atoms with Gasteiger partial charge in [0.1, 0.15) is 5.75 Å². The number of likely N-dealkylation sites (tertiary alicyclic amines) is 1. The van der Waals surface area contributed by atoms with E-state index >= 15 is 0 Å². The average Bonchev–Trinajstić information content (AvgIpc) is 2.74. The van der Waals surface area contributed by atoms with E-state index in [1.807, 2.05) is 30.0 Å². The SMILES string of the molecule is CCOc1ccccc1NC(=O)c1cccc(C(=O)N2CCCCC2CC)c1. The molecule has 1 N–H and O–H groups in total. The van der Waals surface area contributed by atoms with Crippen LogP contribution in [0.15, 0.2) is 48.5 Å². The summed E-state index contributed by atoms with van der Waals surface area (Å²) in [7, 11) is 0. The number of hydrogen-bond donors (Lipinski definition) is 1. The van der Waals surface area contributed by atoms with Gasteiger partial charge in [0.25, 0.3) is 11.8 Å². The molecule has 5 nitrogen and oxygen atoms in total. The fourth-order valence-electron chi connectivity index (χ4n) is 3.70. The lowest BCUT2D eigenvalue weighted by atomic mass is 9.98. The molecule has 1 fully saturated rings. The van der Waals surface area contributed by atoms with E-state index in [4.69, 9.17) is 4.74 Å². The summed E-state index contributed by atoms with van der Waals surface area (Å²) in [6.45, 7) is 5.33. The zero-order valence-electron chi connectivity index (χ0n) is 16.6. The Morgan fingerprint density at radius 3 is 2.64 bits per heavy atom. The molecule has 1 heterocycles. The predicted molar refractivity (Wildman–Crippen MR) is 111 cm³/mol. The van der Waals surface area contributed by atoms with Crippen LogP contribution >= 0.6 is 0 Å². The maximum Gasteiger partial charge on any atom is 0.255 e. The van der Waals surface area contributed by atoms with Crippen LogP contribution in [0.25, 0.3) is 0 Å².